The second-order valence-electron chi connectivity index (χ2n) is 3.56. The van der Waals surface area contributed by atoms with Gasteiger partial charge in [0.25, 0.3) is 0 Å². The molecule has 0 N–H and O–H groups in total. The molecule has 0 saturated carbocycles. The molecule has 1 radical (unpaired) electrons. The topological polar surface area (TPSA) is 17.3 Å². The normalized spacial score (nSPS) is 33.5. The molecular formula is C9H17N2S. The first-order valence-electron chi connectivity index (χ1n) is 4.95. The number of likely N-dealkylation sites (tertiary alicyclic amines) is 1. The highest BCUT2D eigenvalue weighted by atomic mass is 32.2. The molecule has 0 amide bonds. The SMILES string of the molecule is C1CCN(C2CSCC[N]2)CC1. The van der Waals surface area contributed by atoms with Crippen molar-refractivity contribution in [1.29, 1.82) is 0 Å². The minimum absolute atomic E-state index is 0.559. The molecule has 2 aliphatic rings. The minimum Gasteiger partial charge on any atom is -0.286 e. The van der Waals surface area contributed by atoms with Gasteiger partial charge in [-0.3, -0.25) is 4.90 Å². The molecule has 2 saturated heterocycles. The van der Waals surface area contributed by atoms with Gasteiger partial charge in [0.15, 0.2) is 0 Å². The minimum atomic E-state index is 0.559. The van der Waals surface area contributed by atoms with E-state index < -0.39 is 0 Å². The molecule has 1 unspecified atom stereocenters. The van der Waals surface area contributed by atoms with E-state index in [1.165, 1.54) is 43.9 Å². The molecule has 3 heteroatoms. The van der Waals surface area contributed by atoms with E-state index in [0.717, 1.165) is 6.54 Å². The van der Waals surface area contributed by atoms with Gasteiger partial charge in [-0.25, -0.2) is 5.32 Å². The third-order valence-electron chi connectivity index (χ3n) is 2.65. The maximum Gasteiger partial charge on any atom is 0.0852 e. The van der Waals surface area contributed by atoms with Gasteiger partial charge in [0, 0.05) is 18.1 Å². The molecule has 0 aliphatic carbocycles. The fraction of sp³-hybridized carbons (Fsp3) is 1.00. The van der Waals surface area contributed by atoms with E-state index in [1.807, 2.05) is 0 Å². The van der Waals surface area contributed by atoms with Crippen molar-refractivity contribution in [1.82, 2.24) is 10.2 Å². The second kappa shape index (κ2) is 4.49. The van der Waals surface area contributed by atoms with Crippen molar-refractivity contribution in [3.63, 3.8) is 0 Å². The summed E-state index contributed by atoms with van der Waals surface area (Å²) >= 11 is 2.06. The molecular weight excluding hydrogens is 168 g/mol. The monoisotopic (exact) mass is 185 g/mol. The summed E-state index contributed by atoms with van der Waals surface area (Å²) in [5.41, 5.74) is 0. The smallest absolute Gasteiger partial charge is 0.0852 e. The Kier molecular flexibility index (Phi) is 3.31. The van der Waals surface area contributed by atoms with Gasteiger partial charge in [-0.05, 0) is 25.9 Å². The summed E-state index contributed by atoms with van der Waals surface area (Å²) in [6.07, 6.45) is 4.76. The van der Waals surface area contributed by atoms with E-state index in [4.69, 9.17) is 0 Å². The molecule has 69 valence electrons. The molecule has 2 nitrogen and oxygen atoms in total. The highest BCUT2D eigenvalue weighted by Gasteiger charge is 2.22. The third kappa shape index (κ3) is 2.15. The van der Waals surface area contributed by atoms with Gasteiger partial charge in [0.1, 0.15) is 0 Å². The zero-order valence-corrected chi connectivity index (χ0v) is 8.35. The van der Waals surface area contributed by atoms with Crippen LogP contribution in [0.5, 0.6) is 0 Å². The number of hydrogen-bond donors (Lipinski definition) is 0. The standard InChI is InChI=1S/C9H17N2S/c1-2-5-11(6-3-1)9-8-12-7-4-10-9/h9H,1-8H2. The van der Waals surface area contributed by atoms with E-state index >= 15 is 0 Å². The zero-order chi connectivity index (χ0) is 8.23. The molecule has 2 aliphatic heterocycles. The number of nitrogens with zero attached hydrogens (tertiary/aromatic N) is 2. The maximum absolute atomic E-state index is 4.66. The van der Waals surface area contributed by atoms with E-state index in [1.54, 1.807) is 0 Å². The van der Waals surface area contributed by atoms with Crippen LogP contribution in [-0.2, 0) is 0 Å². The summed E-state index contributed by atoms with van der Waals surface area (Å²) < 4.78 is 0. The van der Waals surface area contributed by atoms with Crippen molar-refractivity contribution in [2.24, 2.45) is 0 Å². The maximum atomic E-state index is 4.66. The Balaban J connectivity index is 1.80. The predicted molar refractivity (Wildman–Crippen MR) is 53.5 cm³/mol. The van der Waals surface area contributed by atoms with Crippen LogP contribution in [0.3, 0.4) is 0 Å². The van der Waals surface area contributed by atoms with Crippen LogP contribution >= 0.6 is 11.8 Å². The largest absolute Gasteiger partial charge is 0.286 e. The lowest BCUT2D eigenvalue weighted by Crippen LogP contribution is -2.48. The van der Waals surface area contributed by atoms with Gasteiger partial charge >= 0.3 is 0 Å². The predicted octanol–water partition coefficient (Wildman–Crippen LogP) is 1.15. The number of thioether (sulfide) groups is 1. The summed E-state index contributed by atoms with van der Waals surface area (Å²) in [6.45, 7) is 3.65. The van der Waals surface area contributed by atoms with E-state index in [2.05, 4.69) is 22.0 Å². The van der Waals surface area contributed by atoms with E-state index in [0.29, 0.717) is 6.17 Å². The molecule has 1 atom stereocenters. The lowest BCUT2D eigenvalue weighted by atomic mass is 10.1. The fourth-order valence-corrected chi connectivity index (χ4v) is 2.87. The van der Waals surface area contributed by atoms with Crippen molar-refractivity contribution < 1.29 is 0 Å². The van der Waals surface area contributed by atoms with Gasteiger partial charge in [0.2, 0.25) is 0 Å². The van der Waals surface area contributed by atoms with Crippen molar-refractivity contribution in [2.75, 3.05) is 31.1 Å². The lowest BCUT2D eigenvalue weighted by Gasteiger charge is -2.35. The van der Waals surface area contributed by atoms with Crippen LogP contribution in [0, 0.1) is 0 Å². The molecule has 0 aromatic carbocycles. The third-order valence-corrected chi connectivity index (χ3v) is 3.66. The Morgan fingerprint density at radius 1 is 1.17 bits per heavy atom. The summed E-state index contributed by atoms with van der Waals surface area (Å²) in [7, 11) is 0. The van der Waals surface area contributed by atoms with Gasteiger partial charge in [0.05, 0.1) is 6.17 Å². The first-order valence-corrected chi connectivity index (χ1v) is 6.11. The van der Waals surface area contributed by atoms with Crippen molar-refractivity contribution in [2.45, 2.75) is 25.4 Å². The number of piperidine rings is 1. The highest BCUT2D eigenvalue weighted by molar-refractivity contribution is 7.99. The first-order chi connectivity index (χ1) is 5.97. The zero-order valence-electron chi connectivity index (χ0n) is 7.54. The van der Waals surface area contributed by atoms with Crippen LogP contribution in [-0.4, -0.2) is 42.2 Å². The van der Waals surface area contributed by atoms with Crippen LogP contribution in [0.4, 0.5) is 0 Å². The quantitative estimate of drug-likeness (QED) is 0.610. The highest BCUT2D eigenvalue weighted by Crippen LogP contribution is 2.17. The van der Waals surface area contributed by atoms with Crippen LogP contribution in [0.15, 0.2) is 0 Å². The van der Waals surface area contributed by atoms with Gasteiger partial charge in [-0.15, -0.1) is 0 Å². The number of rotatable bonds is 1. The Hall–Kier alpha value is 0.270. The molecule has 0 spiro atoms. The van der Waals surface area contributed by atoms with Crippen LogP contribution < -0.4 is 5.32 Å². The van der Waals surface area contributed by atoms with Crippen molar-refractivity contribution in [3.8, 4) is 0 Å². The van der Waals surface area contributed by atoms with Crippen LogP contribution in [0.2, 0.25) is 0 Å². The molecule has 0 bridgehead atoms. The lowest BCUT2D eigenvalue weighted by molar-refractivity contribution is 0.149. The van der Waals surface area contributed by atoms with Crippen molar-refractivity contribution in [3.05, 3.63) is 0 Å². The van der Waals surface area contributed by atoms with E-state index in [9.17, 15) is 0 Å². The second-order valence-corrected chi connectivity index (χ2v) is 4.71. The molecule has 0 aromatic rings. The Bertz CT molecular complexity index is 112. The summed E-state index contributed by atoms with van der Waals surface area (Å²) in [6, 6.07) is 0. The van der Waals surface area contributed by atoms with Crippen molar-refractivity contribution >= 4 is 11.8 Å². The molecule has 0 aromatic heterocycles. The van der Waals surface area contributed by atoms with Crippen LogP contribution in [0.1, 0.15) is 19.3 Å². The first kappa shape index (κ1) is 8.85. The molecule has 2 fully saturated rings. The summed E-state index contributed by atoms with van der Waals surface area (Å²) in [5, 5.41) is 4.66. The Morgan fingerprint density at radius 3 is 2.67 bits per heavy atom. The Morgan fingerprint density at radius 2 is 2.00 bits per heavy atom. The van der Waals surface area contributed by atoms with Crippen LogP contribution in [0.25, 0.3) is 0 Å². The average Bonchev–Trinajstić information content (AvgIpc) is 2.21. The fourth-order valence-electron chi connectivity index (χ4n) is 1.95. The molecule has 2 heterocycles. The van der Waals surface area contributed by atoms with Gasteiger partial charge in [-0.2, -0.15) is 11.8 Å². The summed E-state index contributed by atoms with van der Waals surface area (Å²) in [5.74, 6) is 2.48. The van der Waals surface area contributed by atoms with Gasteiger partial charge in [-0.1, -0.05) is 6.42 Å². The summed E-state index contributed by atoms with van der Waals surface area (Å²) in [4.78, 5) is 2.57. The number of hydrogen-bond acceptors (Lipinski definition) is 2. The van der Waals surface area contributed by atoms with Gasteiger partial charge < -0.3 is 0 Å². The average molecular weight is 185 g/mol. The molecule has 12 heavy (non-hydrogen) atoms. The Labute approximate surface area is 79.1 Å². The molecule has 2 rings (SSSR count). The van der Waals surface area contributed by atoms with E-state index in [-0.39, 0.29) is 0 Å².